The van der Waals surface area contributed by atoms with Gasteiger partial charge in [0.05, 0.1) is 11.0 Å². The van der Waals surface area contributed by atoms with E-state index in [2.05, 4.69) is 10.6 Å². The van der Waals surface area contributed by atoms with Crippen molar-refractivity contribution in [2.24, 2.45) is 5.92 Å². The number of nitrogens with zero attached hydrogens (tertiary/aromatic N) is 1. The average molecular weight is 263 g/mol. The number of carbonyl (C=O) groups is 1. The third kappa shape index (κ3) is 3.29. The molecule has 6 heteroatoms. The van der Waals surface area contributed by atoms with Gasteiger partial charge in [-0.1, -0.05) is 13.0 Å². The summed E-state index contributed by atoms with van der Waals surface area (Å²) in [5, 5.41) is 16.6. The topological polar surface area (TPSA) is 84.3 Å². The molecule has 2 atom stereocenters. The molecule has 1 aliphatic rings. The molecule has 1 fully saturated rings. The van der Waals surface area contributed by atoms with E-state index in [1.165, 1.54) is 12.1 Å². The summed E-state index contributed by atoms with van der Waals surface area (Å²) in [5.41, 5.74) is 0.432. The number of piperidine rings is 1. The number of non-ortho nitro benzene ring substituents is 1. The fraction of sp³-hybridized carbons (Fsp3) is 0.462. The number of nitro groups is 1. The van der Waals surface area contributed by atoms with E-state index in [1.807, 2.05) is 6.92 Å². The molecule has 2 unspecified atom stereocenters. The molecule has 1 aromatic carbocycles. The number of amides is 1. The van der Waals surface area contributed by atoms with E-state index in [4.69, 9.17) is 0 Å². The summed E-state index contributed by atoms with van der Waals surface area (Å²) in [7, 11) is 0. The molecule has 102 valence electrons. The number of carbonyl (C=O) groups excluding carboxylic acids is 1. The minimum atomic E-state index is -0.475. The summed E-state index contributed by atoms with van der Waals surface area (Å²) in [4.78, 5) is 22.3. The quantitative estimate of drug-likeness (QED) is 0.644. The maximum Gasteiger partial charge on any atom is 0.271 e. The van der Waals surface area contributed by atoms with Crippen LogP contribution >= 0.6 is 0 Å². The summed E-state index contributed by atoms with van der Waals surface area (Å²) in [6.07, 6.45) is 2.09. The molecule has 1 heterocycles. The molecule has 0 spiro atoms. The maximum absolute atomic E-state index is 12.1. The molecular formula is C13H17N3O3. The second-order valence-corrected chi connectivity index (χ2v) is 4.85. The number of nitrogens with one attached hydrogen (secondary N) is 2. The Morgan fingerprint density at radius 3 is 3.00 bits per heavy atom. The smallest absolute Gasteiger partial charge is 0.271 e. The first kappa shape index (κ1) is 13.5. The summed E-state index contributed by atoms with van der Waals surface area (Å²) < 4.78 is 0. The van der Waals surface area contributed by atoms with Crippen molar-refractivity contribution in [1.82, 2.24) is 5.32 Å². The second-order valence-electron chi connectivity index (χ2n) is 4.85. The molecular weight excluding hydrogens is 246 g/mol. The Balaban J connectivity index is 2.06. The second kappa shape index (κ2) is 5.79. The zero-order valence-corrected chi connectivity index (χ0v) is 10.8. The minimum Gasteiger partial charge on any atom is -0.324 e. The predicted octanol–water partition coefficient (Wildman–Crippen LogP) is 1.92. The Labute approximate surface area is 111 Å². The van der Waals surface area contributed by atoms with Crippen LogP contribution in [0.15, 0.2) is 24.3 Å². The molecule has 6 nitrogen and oxygen atoms in total. The van der Waals surface area contributed by atoms with Gasteiger partial charge >= 0.3 is 0 Å². The highest BCUT2D eigenvalue weighted by atomic mass is 16.6. The number of hydrogen-bond donors (Lipinski definition) is 2. The van der Waals surface area contributed by atoms with Crippen LogP contribution in [0.5, 0.6) is 0 Å². The largest absolute Gasteiger partial charge is 0.324 e. The number of rotatable bonds is 3. The van der Waals surface area contributed by atoms with E-state index in [-0.39, 0.29) is 23.6 Å². The van der Waals surface area contributed by atoms with Gasteiger partial charge in [0.1, 0.15) is 0 Å². The summed E-state index contributed by atoms with van der Waals surface area (Å²) >= 11 is 0. The van der Waals surface area contributed by atoms with Crippen molar-refractivity contribution in [3.05, 3.63) is 34.4 Å². The molecule has 1 aliphatic heterocycles. The van der Waals surface area contributed by atoms with E-state index in [0.29, 0.717) is 5.69 Å². The summed E-state index contributed by atoms with van der Waals surface area (Å²) in [5.74, 6) is 0.139. The van der Waals surface area contributed by atoms with Gasteiger partial charge in [-0.15, -0.1) is 0 Å². The van der Waals surface area contributed by atoms with Crippen LogP contribution in [0.2, 0.25) is 0 Å². The van der Waals surface area contributed by atoms with Gasteiger partial charge in [-0.3, -0.25) is 14.9 Å². The molecule has 1 saturated heterocycles. The lowest BCUT2D eigenvalue weighted by atomic mass is 9.92. The Kier molecular flexibility index (Phi) is 4.11. The van der Waals surface area contributed by atoms with E-state index in [1.54, 1.807) is 12.1 Å². The lowest BCUT2D eigenvalue weighted by Gasteiger charge is -2.28. The van der Waals surface area contributed by atoms with Crippen molar-refractivity contribution >= 4 is 17.3 Å². The first-order chi connectivity index (χ1) is 9.08. The number of hydrogen-bond acceptors (Lipinski definition) is 4. The number of nitro benzene ring substituents is 1. The van der Waals surface area contributed by atoms with Crippen molar-refractivity contribution in [2.45, 2.75) is 25.8 Å². The Hall–Kier alpha value is -1.95. The number of benzene rings is 1. The zero-order valence-electron chi connectivity index (χ0n) is 10.8. The van der Waals surface area contributed by atoms with Gasteiger partial charge in [0, 0.05) is 17.8 Å². The summed E-state index contributed by atoms with van der Waals surface area (Å²) in [6, 6.07) is 5.75. The van der Waals surface area contributed by atoms with Gasteiger partial charge in [0.25, 0.3) is 5.69 Å². The lowest BCUT2D eigenvalue weighted by molar-refractivity contribution is -0.384. The van der Waals surface area contributed by atoms with Crippen LogP contribution in [-0.4, -0.2) is 23.4 Å². The van der Waals surface area contributed by atoms with Crippen LogP contribution in [0.25, 0.3) is 0 Å². The van der Waals surface area contributed by atoms with Crippen molar-refractivity contribution in [1.29, 1.82) is 0 Å². The average Bonchev–Trinajstić information content (AvgIpc) is 2.39. The SMILES string of the molecule is CC1CCCNC1C(=O)Nc1cccc([N+](=O)[O-])c1. The van der Waals surface area contributed by atoms with E-state index in [0.717, 1.165) is 19.4 Å². The minimum absolute atomic E-state index is 0.0255. The lowest BCUT2D eigenvalue weighted by Crippen LogP contribution is -2.48. The van der Waals surface area contributed by atoms with Crippen LogP contribution in [-0.2, 0) is 4.79 Å². The third-order valence-corrected chi connectivity index (χ3v) is 3.38. The van der Waals surface area contributed by atoms with E-state index in [9.17, 15) is 14.9 Å². The summed E-state index contributed by atoms with van der Waals surface area (Å²) in [6.45, 7) is 2.86. The highest BCUT2D eigenvalue weighted by Crippen LogP contribution is 2.20. The van der Waals surface area contributed by atoms with Crippen molar-refractivity contribution in [3.63, 3.8) is 0 Å². The Morgan fingerprint density at radius 1 is 1.53 bits per heavy atom. The van der Waals surface area contributed by atoms with Gasteiger partial charge in [0.2, 0.25) is 5.91 Å². The molecule has 2 rings (SSSR count). The Morgan fingerprint density at radius 2 is 2.32 bits per heavy atom. The molecule has 0 radical (unpaired) electrons. The molecule has 0 bridgehead atoms. The van der Waals surface area contributed by atoms with E-state index < -0.39 is 4.92 Å². The fourth-order valence-electron chi connectivity index (χ4n) is 2.32. The van der Waals surface area contributed by atoms with Gasteiger partial charge in [-0.05, 0) is 31.4 Å². The van der Waals surface area contributed by atoms with Crippen LogP contribution in [0.1, 0.15) is 19.8 Å². The van der Waals surface area contributed by atoms with Crippen molar-refractivity contribution in [2.75, 3.05) is 11.9 Å². The van der Waals surface area contributed by atoms with Crippen LogP contribution in [0.3, 0.4) is 0 Å². The van der Waals surface area contributed by atoms with Gasteiger partial charge in [0.15, 0.2) is 0 Å². The first-order valence-electron chi connectivity index (χ1n) is 6.36. The van der Waals surface area contributed by atoms with Gasteiger partial charge < -0.3 is 10.6 Å². The molecule has 0 aromatic heterocycles. The molecule has 2 N–H and O–H groups in total. The van der Waals surface area contributed by atoms with Crippen molar-refractivity contribution in [3.8, 4) is 0 Å². The zero-order chi connectivity index (χ0) is 13.8. The van der Waals surface area contributed by atoms with Gasteiger partial charge in [-0.2, -0.15) is 0 Å². The molecule has 1 aromatic rings. The normalized spacial score (nSPS) is 22.8. The van der Waals surface area contributed by atoms with Crippen LogP contribution in [0.4, 0.5) is 11.4 Å². The van der Waals surface area contributed by atoms with E-state index >= 15 is 0 Å². The van der Waals surface area contributed by atoms with Crippen molar-refractivity contribution < 1.29 is 9.72 Å². The fourth-order valence-corrected chi connectivity index (χ4v) is 2.32. The third-order valence-electron chi connectivity index (χ3n) is 3.38. The van der Waals surface area contributed by atoms with Crippen LogP contribution in [0, 0.1) is 16.0 Å². The van der Waals surface area contributed by atoms with Gasteiger partial charge in [-0.25, -0.2) is 0 Å². The molecule has 19 heavy (non-hydrogen) atoms. The first-order valence-corrected chi connectivity index (χ1v) is 6.36. The Bertz CT molecular complexity index is 490. The molecule has 1 amide bonds. The molecule has 0 saturated carbocycles. The predicted molar refractivity (Wildman–Crippen MR) is 71.9 cm³/mol. The van der Waals surface area contributed by atoms with Crippen LogP contribution < -0.4 is 10.6 Å². The highest BCUT2D eigenvalue weighted by molar-refractivity contribution is 5.95. The number of anilines is 1. The molecule has 0 aliphatic carbocycles. The highest BCUT2D eigenvalue weighted by Gasteiger charge is 2.27. The monoisotopic (exact) mass is 263 g/mol. The maximum atomic E-state index is 12.1. The standard InChI is InChI=1S/C13H17N3O3/c1-9-4-3-7-14-12(9)13(17)15-10-5-2-6-11(8-10)16(18)19/h2,5-6,8-9,12,14H,3-4,7H2,1H3,(H,15,17).